The molecule has 1 aliphatic carbocycles. The number of carbonyl (C=O) groups is 1. The van der Waals surface area contributed by atoms with Gasteiger partial charge in [0.15, 0.2) is 11.5 Å². The van der Waals surface area contributed by atoms with Crippen molar-refractivity contribution >= 4 is 28.4 Å². The second-order valence-electron chi connectivity index (χ2n) is 8.76. The topological polar surface area (TPSA) is 148 Å². The highest BCUT2D eigenvalue weighted by Crippen LogP contribution is 2.30. The van der Waals surface area contributed by atoms with Crippen LogP contribution in [0.2, 0.25) is 0 Å². The summed E-state index contributed by atoms with van der Waals surface area (Å²) in [6.07, 6.45) is 6.26. The Morgan fingerprint density at radius 2 is 2.06 bits per heavy atom. The number of benzene rings is 1. The molecule has 0 unspecified atom stereocenters. The minimum absolute atomic E-state index is 0.00800. The number of nitrogens with one attached hydrogen (secondary N) is 1. The van der Waals surface area contributed by atoms with Gasteiger partial charge in [-0.15, -0.1) is 5.10 Å². The highest BCUT2D eigenvalue weighted by atomic mass is 16.3. The molecule has 12 nitrogen and oxygen atoms in total. The number of aliphatic hydroxyl groups excluding tert-OH is 2. The van der Waals surface area contributed by atoms with Crippen molar-refractivity contribution in [2.75, 3.05) is 11.9 Å². The van der Waals surface area contributed by atoms with Gasteiger partial charge < -0.3 is 15.5 Å². The smallest absolute Gasteiger partial charge is 0.228 e. The first kappa shape index (κ1) is 21.4. The van der Waals surface area contributed by atoms with Crippen molar-refractivity contribution in [1.29, 1.82) is 0 Å². The van der Waals surface area contributed by atoms with Gasteiger partial charge in [0.1, 0.15) is 5.52 Å². The number of amides is 1. The van der Waals surface area contributed by atoms with Crippen LogP contribution in [0.5, 0.6) is 0 Å². The molecule has 5 aromatic rings. The van der Waals surface area contributed by atoms with Crippen molar-refractivity contribution in [2.24, 2.45) is 5.92 Å². The Morgan fingerprint density at radius 1 is 1.17 bits per heavy atom. The predicted octanol–water partition coefficient (Wildman–Crippen LogP) is 1.09. The molecule has 1 aromatic carbocycles. The standard InChI is InChI=1S/C23H23N9O3/c33-13-18(34)11-30-9-16(8-24-30)15-3-5-19-20(7-15)31(29-27-19)10-17-4-6-22-25-21(12-32(22)28-17)26-23(35)14-1-2-14/h3-9,12,14,18,33-34H,1-2,10-11,13H2,(H,26,35)/t18-/m1/s1. The molecule has 1 atom stereocenters. The molecular weight excluding hydrogens is 450 g/mol. The van der Waals surface area contributed by atoms with E-state index in [0.29, 0.717) is 18.0 Å². The third-order valence-corrected chi connectivity index (χ3v) is 5.98. The number of fused-ring (bicyclic) bond motifs is 2. The molecule has 0 spiro atoms. The van der Waals surface area contributed by atoms with Crippen molar-refractivity contribution in [2.45, 2.75) is 32.0 Å². The van der Waals surface area contributed by atoms with Gasteiger partial charge in [0.2, 0.25) is 5.91 Å². The van der Waals surface area contributed by atoms with Crippen molar-refractivity contribution < 1.29 is 15.0 Å². The summed E-state index contributed by atoms with van der Waals surface area (Å²) in [7, 11) is 0. The minimum Gasteiger partial charge on any atom is -0.394 e. The molecule has 0 saturated heterocycles. The van der Waals surface area contributed by atoms with Gasteiger partial charge in [-0.1, -0.05) is 11.3 Å². The average molecular weight is 473 g/mol. The normalized spacial score (nSPS) is 14.6. The van der Waals surface area contributed by atoms with Crippen LogP contribution < -0.4 is 5.32 Å². The Morgan fingerprint density at radius 3 is 2.89 bits per heavy atom. The third-order valence-electron chi connectivity index (χ3n) is 5.98. The summed E-state index contributed by atoms with van der Waals surface area (Å²) in [4.78, 5) is 16.4. The van der Waals surface area contributed by atoms with Gasteiger partial charge >= 0.3 is 0 Å². The first-order valence-electron chi connectivity index (χ1n) is 11.4. The molecule has 1 saturated carbocycles. The Bertz CT molecular complexity index is 1530. The molecular formula is C23H23N9O3. The van der Waals surface area contributed by atoms with Gasteiger partial charge in [-0.25, -0.2) is 14.2 Å². The monoisotopic (exact) mass is 473 g/mol. The molecule has 0 radical (unpaired) electrons. The Balaban J connectivity index is 1.24. The fraction of sp³-hybridized carbons (Fsp3) is 0.304. The Labute approximate surface area is 198 Å². The van der Waals surface area contributed by atoms with E-state index < -0.39 is 6.10 Å². The zero-order chi connectivity index (χ0) is 23.9. The molecule has 0 aliphatic heterocycles. The molecule has 1 fully saturated rings. The molecule has 178 valence electrons. The van der Waals surface area contributed by atoms with Gasteiger partial charge in [0.25, 0.3) is 0 Å². The fourth-order valence-corrected chi connectivity index (χ4v) is 3.94. The van der Waals surface area contributed by atoms with E-state index in [0.717, 1.165) is 40.7 Å². The number of rotatable bonds is 8. The number of anilines is 1. The molecule has 6 rings (SSSR count). The summed E-state index contributed by atoms with van der Waals surface area (Å²) in [5.74, 6) is 0.610. The maximum Gasteiger partial charge on any atom is 0.228 e. The number of aliphatic hydroxyl groups is 2. The molecule has 35 heavy (non-hydrogen) atoms. The summed E-state index contributed by atoms with van der Waals surface area (Å²) in [5.41, 5.74) is 4.82. The second kappa shape index (κ2) is 8.56. The first-order chi connectivity index (χ1) is 17.1. The summed E-state index contributed by atoms with van der Waals surface area (Å²) < 4.78 is 5.03. The average Bonchev–Trinajstić information content (AvgIpc) is 3.30. The predicted molar refractivity (Wildman–Crippen MR) is 125 cm³/mol. The molecule has 1 amide bonds. The maximum atomic E-state index is 12.0. The molecule has 4 heterocycles. The van der Waals surface area contributed by atoms with Gasteiger partial charge in [0, 0.05) is 17.7 Å². The number of imidazole rings is 1. The largest absolute Gasteiger partial charge is 0.394 e. The lowest BCUT2D eigenvalue weighted by atomic mass is 10.1. The lowest BCUT2D eigenvalue weighted by Crippen LogP contribution is -2.19. The van der Waals surface area contributed by atoms with E-state index in [1.807, 2.05) is 36.5 Å². The van der Waals surface area contributed by atoms with Crippen LogP contribution in [0.4, 0.5) is 5.82 Å². The minimum atomic E-state index is -0.859. The van der Waals surface area contributed by atoms with Crippen LogP contribution in [0.1, 0.15) is 18.5 Å². The summed E-state index contributed by atoms with van der Waals surface area (Å²) >= 11 is 0. The summed E-state index contributed by atoms with van der Waals surface area (Å²) in [6.45, 7) is 0.299. The van der Waals surface area contributed by atoms with E-state index in [2.05, 4.69) is 30.8 Å². The van der Waals surface area contributed by atoms with Gasteiger partial charge in [-0.2, -0.15) is 10.2 Å². The van der Waals surface area contributed by atoms with Crippen LogP contribution in [0.25, 0.3) is 27.8 Å². The maximum absolute atomic E-state index is 12.0. The van der Waals surface area contributed by atoms with E-state index in [9.17, 15) is 9.90 Å². The number of nitrogens with zero attached hydrogens (tertiary/aromatic N) is 8. The van der Waals surface area contributed by atoms with E-state index in [1.165, 1.54) is 0 Å². The van der Waals surface area contributed by atoms with Crippen molar-refractivity contribution in [3.05, 3.63) is 54.6 Å². The van der Waals surface area contributed by atoms with Gasteiger partial charge in [-0.05, 0) is 42.7 Å². The number of hydrogen-bond acceptors (Lipinski definition) is 8. The van der Waals surface area contributed by atoms with Crippen LogP contribution in [-0.2, 0) is 17.9 Å². The molecule has 0 bridgehead atoms. The first-order valence-corrected chi connectivity index (χ1v) is 11.4. The Hall–Kier alpha value is -4.16. The van der Waals surface area contributed by atoms with Crippen molar-refractivity contribution in [3.63, 3.8) is 0 Å². The lowest BCUT2D eigenvalue weighted by molar-refractivity contribution is -0.117. The van der Waals surface area contributed by atoms with Crippen LogP contribution in [-0.4, -0.2) is 68.2 Å². The van der Waals surface area contributed by atoms with E-state index in [4.69, 9.17) is 5.11 Å². The van der Waals surface area contributed by atoms with Crippen LogP contribution >= 0.6 is 0 Å². The van der Waals surface area contributed by atoms with Gasteiger partial charge in [0.05, 0.1) is 49.4 Å². The van der Waals surface area contributed by atoms with Crippen LogP contribution in [0.15, 0.2) is 48.9 Å². The molecule has 3 N–H and O–H groups in total. The van der Waals surface area contributed by atoms with E-state index in [1.54, 1.807) is 26.3 Å². The third kappa shape index (κ3) is 4.36. The summed E-state index contributed by atoms with van der Waals surface area (Å²) in [6, 6.07) is 9.56. The highest BCUT2D eigenvalue weighted by Gasteiger charge is 2.30. The van der Waals surface area contributed by atoms with Crippen molar-refractivity contribution in [3.8, 4) is 11.1 Å². The molecule has 4 aromatic heterocycles. The van der Waals surface area contributed by atoms with E-state index in [-0.39, 0.29) is 25.0 Å². The van der Waals surface area contributed by atoms with Crippen LogP contribution in [0, 0.1) is 5.92 Å². The van der Waals surface area contributed by atoms with Crippen molar-refractivity contribution in [1.82, 2.24) is 39.4 Å². The van der Waals surface area contributed by atoms with Gasteiger partial charge in [-0.3, -0.25) is 9.48 Å². The number of hydrogen-bond donors (Lipinski definition) is 3. The quantitative estimate of drug-likeness (QED) is 0.303. The molecule has 12 heteroatoms. The SMILES string of the molecule is O=C(Nc1cn2nc(Cn3nnc4ccc(-c5cnn(C[C@@H](O)CO)c5)cc43)ccc2n1)C1CC1. The second-order valence-corrected chi connectivity index (χ2v) is 8.76. The summed E-state index contributed by atoms with van der Waals surface area (Å²) in [5, 5.41) is 39.0. The zero-order valence-corrected chi connectivity index (χ0v) is 18.7. The van der Waals surface area contributed by atoms with Crippen LogP contribution in [0.3, 0.4) is 0 Å². The zero-order valence-electron chi connectivity index (χ0n) is 18.7. The highest BCUT2D eigenvalue weighted by molar-refractivity contribution is 5.93. The Kier molecular flexibility index (Phi) is 5.23. The number of carbonyl (C=O) groups excluding carboxylic acids is 1. The molecule has 1 aliphatic rings. The fourth-order valence-electron chi connectivity index (χ4n) is 3.94. The van der Waals surface area contributed by atoms with E-state index >= 15 is 0 Å². The lowest BCUT2D eigenvalue weighted by Gasteiger charge is -2.06. The number of aromatic nitrogens is 8.